The topological polar surface area (TPSA) is 79.0 Å². The average molecular weight is 355 g/mol. The minimum atomic E-state index is -3.56. The SMILES string of the molecule is CCCNC(=O)N1CCN(S(=O)(=O)c2ccc(OC)cc2C)CC1. The smallest absolute Gasteiger partial charge is 0.317 e. The largest absolute Gasteiger partial charge is 0.497 e. The number of hydrogen-bond donors (Lipinski definition) is 1. The highest BCUT2D eigenvalue weighted by atomic mass is 32.2. The van der Waals surface area contributed by atoms with Gasteiger partial charge in [-0.2, -0.15) is 4.31 Å². The molecule has 1 fully saturated rings. The van der Waals surface area contributed by atoms with Gasteiger partial charge in [-0.3, -0.25) is 0 Å². The molecule has 0 atom stereocenters. The molecule has 8 heteroatoms. The van der Waals surface area contributed by atoms with Crippen LogP contribution in [0.3, 0.4) is 0 Å². The highest BCUT2D eigenvalue weighted by Crippen LogP contribution is 2.24. The van der Waals surface area contributed by atoms with Gasteiger partial charge < -0.3 is 15.0 Å². The number of ether oxygens (including phenoxy) is 1. The van der Waals surface area contributed by atoms with Crippen molar-refractivity contribution in [3.63, 3.8) is 0 Å². The maximum atomic E-state index is 12.8. The number of sulfonamides is 1. The lowest BCUT2D eigenvalue weighted by molar-refractivity contribution is 0.172. The van der Waals surface area contributed by atoms with Crippen molar-refractivity contribution in [2.24, 2.45) is 0 Å². The standard InChI is InChI=1S/C16H25N3O4S/c1-4-7-17-16(20)18-8-10-19(11-9-18)24(21,22)15-6-5-14(23-3)12-13(15)2/h5-6,12H,4,7-11H2,1-3H3,(H,17,20). The van der Waals surface area contributed by atoms with Gasteiger partial charge in [-0.15, -0.1) is 0 Å². The molecule has 1 N–H and O–H groups in total. The van der Waals surface area contributed by atoms with Gasteiger partial charge in [-0.25, -0.2) is 13.2 Å². The Balaban J connectivity index is 2.06. The van der Waals surface area contributed by atoms with Gasteiger partial charge in [0.05, 0.1) is 12.0 Å². The van der Waals surface area contributed by atoms with E-state index >= 15 is 0 Å². The summed E-state index contributed by atoms with van der Waals surface area (Å²) < 4.78 is 32.2. The molecule has 2 amide bonds. The van der Waals surface area contributed by atoms with E-state index in [0.717, 1.165) is 6.42 Å². The van der Waals surface area contributed by atoms with Gasteiger partial charge in [0, 0.05) is 32.7 Å². The number of carbonyl (C=O) groups excluding carboxylic acids is 1. The van der Waals surface area contributed by atoms with E-state index in [4.69, 9.17) is 4.74 Å². The monoisotopic (exact) mass is 355 g/mol. The molecule has 0 bridgehead atoms. The van der Waals surface area contributed by atoms with Gasteiger partial charge >= 0.3 is 6.03 Å². The Hall–Kier alpha value is -1.80. The third kappa shape index (κ3) is 3.99. The molecule has 134 valence electrons. The molecular formula is C16H25N3O4S. The molecule has 0 radical (unpaired) electrons. The number of aryl methyl sites for hydroxylation is 1. The maximum Gasteiger partial charge on any atom is 0.317 e. The number of amides is 2. The van der Waals surface area contributed by atoms with Crippen LogP contribution in [-0.4, -0.2) is 63.5 Å². The summed E-state index contributed by atoms with van der Waals surface area (Å²) in [5.41, 5.74) is 0.650. The Labute approximate surface area is 143 Å². The number of nitrogens with one attached hydrogen (secondary N) is 1. The molecule has 2 rings (SSSR count). The number of carbonyl (C=O) groups is 1. The molecule has 1 aliphatic rings. The lowest BCUT2D eigenvalue weighted by atomic mass is 10.2. The van der Waals surface area contributed by atoms with Crippen LogP contribution in [0.2, 0.25) is 0 Å². The Morgan fingerprint density at radius 1 is 1.25 bits per heavy atom. The van der Waals surface area contributed by atoms with E-state index in [2.05, 4.69) is 5.32 Å². The van der Waals surface area contributed by atoms with Gasteiger partial charge in [0.1, 0.15) is 5.75 Å². The van der Waals surface area contributed by atoms with E-state index in [1.807, 2.05) is 6.92 Å². The first-order valence-corrected chi connectivity index (χ1v) is 9.51. The number of nitrogens with zero attached hydrogens (tertiary/aromatic N) is 2. The fourth-order valence-electron chi connectivity index (χ4n) is 2.65. The van der Waals surface area contributed by atoms with Crippen LogP contribution in [0.1, 0.15) is 18.9 Å². The van der Waals surface area contributed by atoms with Crippen LogP contribution < -0.4 is 10.1 Å². The molecule has 7 nitrogen and oxygen atoms in total. The van der Waals surface area contributed by atoms with Crippen molar-refractivity contribution in [2.75, 3.05) is 39.8 Å². The van der Waals surface area contributed by atoms with Crippen molar-refractivity contribution < 1.29 is 17.9 Å². The van der Waals surface area contributed by atoms with Gasteiger partial charge in [-0.1, -0.05) is 6.92 Å². The van der Waals surface area contributed by atoms with Crippen molar-refractivity contribution in [1.29, 1.82) is 0 Å². The second-order valence-corrected chi connectivity index (χ2v) is 7.66. The molecular weight excluding hydrogens is 330 g/mol. The summed E-state index contributed by atoms with van der Waals surface area (Å²) in [5.74, 6) is 0.629. The van der Waals surface area contributed by atoms with Crippen LogP contribution in [0.5, 0.6) is 5.75 Å². The minimum absolute atomic E-state index is 0.130. The summed E-state index contributed by atoms with van der Waals surface area (Å²) >= 11 is 0. The molecule has 0 saturated carbocycles. The number of rotatable bonds is 5. The summed E-state index contributed by atoms with van der Waals surface area (Å²) in [4.78, 5) is 13.9. The molecule has 1 saturated heterocycles. The Kier molecular flexibility index (Phi) is 6.06. The van der Waals surface area contributed by atoms with E-state index in [9.17, 15) is 13.2 Å². The average Bonchev–Trinajstić information content (AvgIpc) is 2.59. The molecule has 0 unspecified atom stereocenters. The quantitative estimate of drug-likeness (QED) is 0.867. The second kappa shape index (κ2) is 7.85. The summed E-state index contributed by atoms with van der Waals surface area (Å²) in [6, 6.07) is 4.80. The summed E-state index contributed by atoms with van der Waals surface area (Å²) in [6.45, 7) is 5.75. The normalized spacial score (nSPS) is 16.0. The molecule has 1 heterocycles. The maximum absolute atomic E-state index is 12.8. The lowest BCUT2D eigenvalue weighted by Gasteiger charge is -2.34. The van der Waals surface area contributed by atoms with Gasteiger partial charge in [0.15, 0.2) is 0 Å². The lowest BCUT2D eigenvalue weighted by Crippen LogP contribution is -2.53. The number of benzene rings is 1. The highest BCUT2D eigenvalue weighted by Gasteiger charge is 2.31. The number of hydrogen-bond acceptors (Lipinski definition) is 4. The van der Waals surface area contributed by atoms with Crippen molar-refractivity contribution in [3.05, 3.63) is 23.8 Å². The molecule has 1 aromatic carbocycles. The first-order valence-electron chi connectivity index (χ1n) is 8.07. The first kappa shape index (κ1) is 18.5. The predicted octanol–water partition coefficient (Wildman–Crippen LogP) is 1.43. The van der Waals surface area contributed by atoms with Crippen molar-refractivity contribution >= 4 is 16.1 Å². The Morgan fingerprint density at radius 3 is 2.46 bits per heavy atom. The van der Waals surface area contributed by atoms with Gasteiger partial charge in [-0.05, 0) is 37.1 Å². The van der Waals surface area contributed by atoms with Crippen LogP contribution >= 0.6 is 0 Å². The van der Waals surface area contributed by atoms with Crippen LogP contribution in [0, 0.1) is 6.92 Å². The highest BCUT2D eigenvalue weighted by molar-refractivity contribution is 7.89. The molecule has 0 aromatic heterocycles. The van der Waals surface area contributed by atoms with E-state index in [1.165, 1.54) is 4.31 Å². The third-order valence-electron chi connectivity index (χ3n) is 4.05. The van der Waals surface area contributed by atoms with E-state index in [-0.39, 0.29) is 10.9 Å². The van der Waals surface area contributed by atoms with Gasteiger partial charge in [0.2, 0.25) is 10.0 Å². The Bertz CT molecular complexity index is 683. The molecule has 0 aliphatic carbocycles. The summed E-state index contributed by atoms with van der Waals surface area (Å²) in [5, 5.41) is 2.81. The van der Waals surface area contributed by atoms with Crippen LogP contribution in [-0.2, 0) is 10.0 Å². The predicted molar refractivity (Wildman–Crippen MR) is 91.8 cm³/mol. The summed E-state index contributed by atoms with van der Waals surface area (Å²) in [6.07, 6.45) is 0.872. The molecule has 1 aliphatic heterocycles. The molecule has 24 heavy (non-hydrogen) atoms. The van der Waals surface area contributed by atoms with Crippen LogP contribution in [0.15, 0.2) is 23.1 Å². The van der Waals surface area contributed by atoms with Crippen LogP contribution in [0.25, 0.3) is 0 Å². The van der Waals surface area contributed by atoms with E-state index in [0.29, 0.717) is 44.0 Å². The van der Waals surface area contributed by atoms with Crippen molar-refractivity contribution in [2.45, 2.75) is 25.2 Å². The first-order chi connectivity index (χ1) is 11.4. The van der Waals surface area contributed by atoms with Gasteiger partial charge in [0.25, 0.3) is 0 Å². The number of methoxy groups -OCH3 is 1. The second-order valence-electron chi connectivity index (χ2n) is 5.75. The minimum Gasteiger partial charge on any atom is -0.497 e. The zero-order chi connectivity index (χ0) is 17.7. The zero-order valence-corrected chi connectivity index (χ0v) is 15.2. The molecule has 1 aromatic rings. The number of urea groups is 1. The van der Waals surface area contributed by atoms with Crippen molar-refractivity contribution in [3.8, 4) is 5.75 Å². The van der Waals surface area contributed by atoms with E-state index < -0.39 is 10.0 Å². The number of piperazine rings is 1. The zero-order valence-electron chi connectivity index (χ0n) is 14.4. The fourth-order valence-corrected chi connectivity index (χ4v) is 4.28. The van der Waals surface area contributed by atoms with Crippen molar-refractivity contribution in [1.82, 2.24) is 14.5 Å². The van der Waals surface area contributed by atoms with Crippen LogP contribution in [0.4, 0.5) is 4.79 Å². The van der Waals surface area contributed by atoms with E-state index in [1.54, 1.807) is 37.1 Å². The summed E-state index contributed by atoms with van der Waals surface area (Å²) in [7, 11) is -2.02. The molecule has 0 spiro atoms. The Morgan fingerprint density at radius 2 is 1.92 bits per heavy atom. The third-order valence-corrected chi connectivity index (χ3v) is 6.11. The fraction of sp³-hybridized carbons (Fsp3) is 0.562.